The molecule has 1 aliphatic rings. The van der Waals surface area contributed by atoms with Crippen molar-refractivity contribution in [3.63, 3.8) is 0 Å². The predicted octanol–water partition coefficient (Wildman–Crippen LogP) is 4.39. The summed E-state index contributed by atoms with van der Waals surface area (Å²) in [5.41, 5.74) is 1.25. The van der Waals surface area contributed by atoms with Crippen LogP contribution in [-0.4, -0.2) is 10.0 Å². The number of hydrogen-bond acceptors (Lipinski definition) is 1. The zero-order valence-electron chi connectivity index (χ0n) is 8.67. The van der Waals surface area contributed by atoms with Crippen molar-refractivity contribution in [1.82, 2.24) is 0 Å². The van der Waals surface area contributed by atoms with Crippen molar-refractivity contribution in [2.45, 2.75) is 31.5 Å². The Morgan fingerprint density at radius 3 is 3.00 bits per heavy atom. The van der Waals surface area contributed by atoms with Crippen LogP contribution in [0.15, 0.2) is 24.3 Å². The van der Waals surface area contributed by atoms with Gasteiger partial charge in [0.25, 0.3) is 0 Å². The Morgan fingerprint density at radius 2 is 2.40 bits per heavy atom. The molecule has 2 atom stereocenters. The van der Waals surface area contributed by atoms with E-state index in [-0.39, 0.29) is 11.7 Å². The topological polar surface area (TPSA) is 9.23 Å². The lowest BCUT2D eigenvalue weighted by Gasteiger charge is -2.22. The van der Waals surface area contributed by atoms with Gasteiger partial charge in [0, 0.05) is 9.45 Å². The molecule has 1 aliphatic heterocycles. The van der Waals surface area contributed by atoms with E-state index in [1.165, 1.54) is 5.56 Å². The first-order chi connectivity index (χ1) is 7.13. The second-order valence-electron chi connectivity index (χ2n) is 4.28. The van der Waals surface area contributed by atoms with E-state index in [2.05, 4.69) is 35.6 Å². The Balaban J connectivity index is 2.14. The molecule has 2 unspecified atom stereocenters. The maximum Gasteiger partial charge on any atom is 0.0834 e. The van der Waals surface area contributed by atoms with Gasteiger partial charge in [-0.1, -0.05) is 46.3 Å². The molecule has 0 saturated carbocycles. The van der Waals surface area contributed by atoms with Crippen LogP contribution < -0.4 is 0 Å². The molecule has 0 N–H and O–H groups in total. The molecule has 82 valence electrons. The maximum absolute atomic E-state index is 6.07. The smallest absolute Gasteiger partial charge is 0.0834 e. The third kappa shape index (κ3) is 2.66. The van der Waals surface area contributed by atoms with Crippen molar-refractivity contribution in [3.8, 4) is 0 Å². The Labute approximate surface area is 109 Å². The highest BCUT2D eigenvalue weighted by atomic mass is 127. The van der Waals surface area contributed by atoms with Crippen molar-refractivity contribution in [2.24, 2.45) is 0 Å². The largest absolute Gasteiger partial charge is 0.367 e. The van der Waals surface area contributed by atoms with E-state index >= 15 is 0 Å². The monoisotopic (exact) mass is 336 g/mol. The first-order valence-electron chi connectivity index (χ1n) is 5.12. The van der Waals surface area contributed by atoms with Crippen molar-refractivity contribution in [3.05, 3.63) is 34.9 Å². The minimum Gasteiger partial charge on any atom is -0.367 e. The molecule has 0 radical (unpaired) electrons. The fourth-order valence-electron chi connectivity index (χ4n) is 1.94. The Hall–Kier alpha value is 0.200. The van der Waals surface area contributed by atoms with Crippen molar-refractivity contribution >= 4 is 34.2 Å². The molecule has 0 spiro atoms. The van der Waals surface area contributed by atoms with Crippen molar-refractivity contribution < 1.29 is 4.74 Å². The molecule has 1 heterocycles. The lowest BCUT2D eigenvalue weighted by atomic mass is 10.0. The molecule has 1 saturated heterocycles. The molecule has 0 aromatic heterocycles. The summed E-state index contributed by atoms with van der Waals surface area (Å²) in [6.45, 7) is 2.18. The highest BCUT2D eigenvalue weighted by Gasteiger charge is 2.35. The first-order valence-corrected chi connectivity index (χ1v) is 7.03. The van der Waals surface area contributed by atoms with E-state index in [9.17, 15) is 0 Å². The quantitative estimate of drug-likeness (QED) is 0.575. The van der Waals surface area contributed by atoms with Crippen LogP contribution in [0.4, 0.5) is 0 Å². The van der Waals surface area contributed by atoms with Crippen LogP contribution in [-0.2, 0) is 4.74 Å². The normalized spacial score (nSPS) is 30.7. The maximum atomic E-state index is 6.07. The molecule has 1 nitrogen and oxygen atoms in total. The molecular formula is C12H14ClIO. The van der Waals surface area contributed by atoms with Gasteiger partial charge in [-0.05, 0) is 37.5 Å². The summed E-state index contributed by atoms with van der Waals surface area (Å²) in [5, 5.41) is 0.791. The van der Waals surface area contributed by atoms with Crippen LogP contribution >= 0.6 is 34.2 Å². The SMILES string of the molecule is CC1(CI)CCC(c2cccc(Cl)c2)O1. The van der Waals surface area contributed by atoms with Gasteiger partial charge in [-0.2, -0.15) is 0 Å². The van der Waals surface area contributed by atoms with Gasteiger partial charge in [-0.3, -0.25) is 0 Å². The Bertz CT molecular complexity index is 355. The minimum absolute atomic E-state index is 0.0492. The van der Waals surface area contributed by atoms with Gasteiger partial charge in [-0.15, -0.1) is 0 Å². The minimum atomic E-state index is 0.0492. The lowest BCUT2D eigenvalue weighted by Crippen LogP contribution is -2.24. The Kier molecular flexibility index (Phi) is 3.58. The van der Waals surface area contributed by atoms with Crippen molar-refractivity contribution in [2.75, 3.05) is 4.43 Å². The van der Waals surface area contributed by atoms with Crippen LogP contribution in [0.1, 0.15) is 31.4 Å². The first kappa shape index (κ1) is 11.7. The Morgan fingerprint density at radius 1 is 1.60 bits per heavy atom. The average molecular weight is 337 g/mol. The van der Waals surface area contributed by atoms with E-state index in [0.717, 1.165) is 22.3 Å². The fraction of sp³-hybridized carbons (Fsp3) is 0.500. The summed E-state index contributed by atoms with van der Waals surface area (Å²) in [5.74, 6) is 0. The predicted molar refractivity (Wildman–Crippen MR) is 71.8 cm³/mol. The highest BCUT2D eigenvalue weighted by molar-refractivity contribution is 14.1. The van der Waals surface area contributed by atoms with Gasteiger partial charge in [0.15, 0.2) is 0 Å². The molecule has 2 rings (SSSR count). The molecule has 0 amide bonds. The van der Waals surface area contributed by atoms with Gasteiger partial charge in [0.1, 0.15) is 0 Å². The van der Waals surface area contributed by atoms with Crippen molar-refractivity contribution in [1.29, 1.82) is 0 Å². The van der Waals surface area contributed by atoms with E-state index in [1.807, 2.05) is 18.2 Å². The third-order valence-electron chi connectivity index (χ3n) is 2.87. The molecule has 1 aromatic rings. The fourth-order valence-corrected chi connectivity index (χ4v) is 2.70. The average Bonchev–Trinajstić information content (AvgIpc) is 2.62. The van der Waals surface area contributed by atoms with Gasteiger partial charge >= 0.3 is 0 Å². The number of benzene rings is 1. The second kappa shape index (κ2) is 4.60. The summed E-state index contributed by atoms with van der Waals surface area (Å²) >= 11 is 8.36. The molecule has 1 aromatic carbocycles. The zero-order chi connectivity index (χ0) is 10.9. The van der Waals surface area contributed by atoms with Crippen LogP contribution in [0.25, 0.3) is 0 Å². The third-order valence-corrected chi connectivity index (χ3v) is 4.71. The summed E-state index contributed by atoms with van der Waals surface area (Å²) in [6.07, 6.45) is 2.45. The number of halogens is 2. The second-order valence-corrected chi connectivity index (χ2v) is 5.48. The van der Waals surface area contributed by atoms with Crippen LogP contribution in [0.5, 0.6) is 0 Å². The van der Waals surface area contributed by atoms with Gasteiger partial charge in [0.05, 0.1) is 11.7 Å². The van der Waals surface area contributed by atoms with Crippen LogP contribution in [0.3, 0.4) is 0 Å². The van der Waals surface area contributed by atoms with Gasteiger partial charge in [-0.25, -0.2) is 0 Å². The molecule has 0 bridgehead atoms. The van der Waals surface area contributed by atoms with E-state index < -0.39 is 0 Å². The van der Waals surface area contributed by atoms with E-state index in [0.29, 0.717) is 0 Å². The molecule has 15 heavy (non-hydrogen) atoms. The molecule has 3 heteroatoms. The summed E-state index contributed by atoms with van der Waals surface area (Å²) in [4.78, 5) is 0. The van der Waals surface area contributed by atoms with E-state index in [4.69, 9.17) is 16.3 Å². The zero-order valence-corrected chi connectivity index (χ0v) is 11.6. The van der Waals surface area contributed by atoms with E-state index in [1.54, 1.807) is 0 Å². The highest BCUT2D eigenvalue weighted by Crippen LogP contribution is 2.40. The molecular weight excluding hydrogens is 322 g/mol. The van der Waals surface area contributed by atoms with Crippen LogP contribution in [0.2, 0.25) is 5.02 Å². The molecule has 0 aliphatic carbocycles. The number of rotatable bonds is 2. The molecule has 1 fully saturated rings. The number of ether oxygens (including phenoxy) is 1. The summed E-state index contributed by atoms with van der Waals surface area (Å²) in [6, 6.07) is 7.99. The van der Waals surface area contributed by atoms with Gasteiger partial charge < -0.3 is 4.74 Å². The standard InChI is InChI=1S/C12H14ClIO/c1-12(8-14)6-5-11(15-12)9-3-2-4-10(13)7-9/h2-4,7,11H,5-6,8H2,1H3. The lowest BCUT2D eigenvalue weighted by molar-refractivity contribution is -0.0109. The number of hydrogen-bond donors (Lipinski definition) is 0. The summed E-state index contributed by atoms with van der Waals surface area (Å²) < 4.78 is 7.12. The summed E-state index contributed by atoms with van der Waals surface area (Å²) in [7, 11) is 0. The van der Waals surface area contributed by atoms with Gasteiger partial charge in [0.2, 0.25) is 0 Å². The van der Waals surface area contributed by atoms with Crippen LogP contribution in [0, 0.1) is 0 Å². The number of alkyl halides is 1.